The van der Waals surface area contributed by atoms with Gasteiger partial charge in [0.1, 0.15) is 11.8 Å². The quantitative estimate of drug-likeness (QED) is 0.172. The molecule has 1 aliphatic heterocycles. The predicted molar refractivity (Wildman–Crippen MR) is 184 cm³/mol. The summed E-state index contributed by atoms with van der Waals surface area (Å²) in [5, 5.41) is 12.2. The molecule has 0 aromatic heterocycles. The summed E-state index contributed by atoms with van der Waals surface area (Å²) in [5.41, 5.74) is 2.56. The van der Waals surface area contributed by atoms with Crippen LogP contribution in [0.25, 0.3) is 10.8 Å². The standard InChI is InChI=1S/C36H37Cl2N3O4S/c1-40(36(42)34-30-10-5-4-8-26(30)20-28(22-39)35(34)45-2)23-27(25-12-13-31(37)32(38)21-25)16-19-41-17-14-24(15-18-41)29-9-6-7-11-33(29)46(3,43)44/h4-13,20-21,24,27H,14-19,23H2,1-3H3/t27-/m1/s1. The predicted octanol–water partition coefficient (Wildman–Crippen LogP) is 7.56. The molecule has 1 amide bonds. The average molecular weight is 679 g/mol. The molecule has 0 saturated carbocycles. The molecular formula is C36H37Cl2N3O4S. The van der Waals surface area contributed by atoms with Gasteiger partial charge in [-0.25, -0.2) is 8.42 Å². The summed E-state index contributed by atoms with van der Waals surface area (Å²) in [7, 11) is -0.0602. The lowest BCUT2D eigenvalue weighted by molar-refractivity contribution is 0.0780. The molecule has 10 heteroatoms. The zero-order valence-corrected chi connectivity index (χ0v) is 28.5. The SMILES string of the molecule is COc1c(C#N)cc2ccccc2c1C(=O)N(C)C[C@@H](CCN1CCC(c2ccccc2S(C)(=O)=O)CC1)c1ccc(Cl)c(Cl)c1. The zero-order valence-electron chi connectivity index (χ0n) is 26.2. The van der Waals surface area contributed by atoms with Gasteiger partial charge in [0.05, 0.1) is 33.2 Å². The Kier molecular flexibility index (Phi) is 10.6. The molecule has 0 bridgehead atoms. The number of benzene rings is 4. The van der Waals surface area contributed by atoms with Gasteiger partial charge in [0.25, 0.3) is 5.91 Å². The number of likely N-dealkylation sites (tertiary alicyclic amines) is 1. The van der Waals surface area contributed by atoms with E-state index in [2.05, 4.69) is 11.0 Å². The van der Waals surface area contributed by atoms with Crippen molar-refractivity contribution >= 4 is 49.7 Å². The number of hydrogen-bond acceptors (Lipinski definition) is 6. The monoisotopic (exact) mass is 677 g/mol. The van der Waals surface area contributed by atoms with Crippen molar-refractivity contribution in [1.82, 2.24) is 9.80 Å². The van der Waals surface area contributed by atoms with Crippen LogP contribution in [0.2, 0.25) is 10.0 Å². The molecule has 5 rings (SSSR count). The summed E-state index contributed by atoms with van der Waals surface area (Å²) in [6.45, 7) is 2.89. The molecule has 0 radical (unpaired) electrons. The van der Waals surface area contributed by atoms with Crippen molar-refractivity contribution in [2.75, 3.05) is 46.6 Å². The van der Waals surface area contributed by atoms with Crippen LogP contribution in [0.3, 0.4) is 0 Å². The molecule has 0 unspecified atom stereocenters. The fraction of sp³-hybridized carbons (Fsp3) is 0.333. The maximum absolute atomic E-state index is 14.1. The number of methoxy groups -OCH3 is 1. The fourth-order valence-electron chi connectivity index (χ4n) is 6.53. The number of halogens is 2. The largest absolute Gasteiger partial charge is 0.495 e. The summed E-state index contributed by atoms with van der Waals surface area (Å²) in [6.07, 6.45) is 3.76. The molecule has 4 aromatic carbocycles. The molecule has 7 nitrogen and oxygen atoms in total. The van der Waals surface area contributed by atoms with Crippen molar-refractivity contribution in [2.45, 2.75) is 36.0 Å². The van der Waals surface area contributed by atoms with Gasteiger partial charge in [-0.2, -0.15) is 5.26 Å². The minimum atomic E-state index is -3.30. The van der Waals surface area contributed by atoms with Crippen LogP contribution in [0.5, 0.6) is 5.75 Å². The number of carbonyl (C=O) groups excluding carboxylic acids is 1. The van der Waals surface area contributed by atoms with Gasteiger partial charge in [0.2, 0.25) is 0 Å². The van der Waals surface area contributed by atoms with Crippen LogP contribution in [-0.2, 0) is 9.84 Å². The lowest BCUT2D eigenvalue weighted by Gasteiger charge is -2.34. The highest BCUT2D eigenvalue weighted by atomic mass is 35.5. The lowest BCUT2D eigenvalue weighted by Crippen LogP contribution is -2.36. The molecular weight excluding hydrogens is 641 g/mol. The number of piperidine rings is 1. The number of carbonyl (C=O) groups is 1. The van der Waals surface area contributed by atoms with E-state index in [9.17, 15) is 18.5 Å². The Hall–Kier alpha value is -3.61. The summed E-state index contributed by atoms with van der Waals surface area (Å²) in [5.74, 6) is 0.166. The van der Waals surface area contributed by atoms with E-state index in [1.54, 1.807) is 36.2 Å². The van der Waals surface area contributed by atoms with E-state index in [0.29, 0.717) is 32.6 Å². The number of likely N-dealkylation sites (N-methyl/N-ethyl adjacent to an activating group) is 1. The smallest absolute Gasteiger partial charge is 0.258 e. The van der Waals surface area contributed by atoms with Crippen molar-refractivity contribution in [3.63, 3.8) is 0 Å². The van der Waals surface area contributed by atoms with Crippen molar-refractivity contribution in [3.8, 4) is 11.8 Å². The van der Waals surface area contributed by atoms with E-state index < -0.39 is 9.84 Å². The Bertz CT molecular complexity index is 1900. The third-order valence-corrected chi connectivity index (χ3v) is 10.8. The Morgan fingerprint density at radius 2 is 1.74 bits per heavy atom. The first kappa shape index (κ1) is 33.7. The minimum absolute atomic E-state index is 0.0520. The summed E-state index contributed by atoms with van der Waals surface area (Å²) < 4.78 is 30.4. The van der Waals surface area contributed by atoms with Crippen molar-refractivity contribution in [1.29, 1.82) is 5.26 Å². The third-order valence-electron chi connectivity index (χ3n) is 8.94. The number of fused-ring (bicyclic) bond motifs is 1. The lowest BCUT2D eigenvalue weighted by atomic mass is 9.88. The van der Waals surface area contributed by atoms with Crippen LogP contribution in [-0.4, -0.2) is 70.7 Å². The van der Waals surface area contributed by atoms with Crippen LogP contribution in [0.15, 0.2) is 77.7 Å². The number of amides is 1. The molecule has 240 valence electrons. The first-order chi connectivity index (χ1) is 22.0. The molecule has 0 aliphatic carbocycles. The van der Waals surface area contributed by atoms with E-state index in [-0.39, 0.29) is 23.5 Å². The van der Waals surface area contributed by atoms with E-state index in [1.807, 2.05) is 48.5 Å². The number of sulfone groups is 1. The highest BCUT2D eigenvalue weighted by Gasteiger charge is 2.28. The Morgan fingerprint density at radius 3 is 2.41 bits per heavy atom. The van der Waals surface area contributed by atoms with E-state index in [4.69, 9.17) is 27.9 Å². The van der Waals surface area contributed by atoms with Gasteiger partial charge in [0, 0.05) is 25.8 Å². The maximum Gasteiger partial charge on any atom is 0.258 e. The number of ether oxygens (including phenoxy) is 1. The zero-order chi connectivity index (χ0) is 33.0. The number of rotatable bonds is 10. The second-order valence-electron chi connectivity index (χ2n) is 11.9. The van der Waals surface area contributed by atoms with Gasteiger partial charge in [-0.1, -0.05) is 71.7 Å². The molecule has 1 atom stereocenters. The fourth-order valence-corrected chi connectivity index (χ4v) is 7.83. The number of nitriles is 1. The minimum Gasteiger partial charge on any atom is -0.495 e. The van der Waals surface area contributed by atoms with Gasteiger partial charge in [0.15, 0.2) is 9.84 Å². The Morgan fingerprint density at radius 1 is 1.04 bits per heavy atom. The van der Waals surface area contributed by atoms with Gasteiger partial charge in [-0.05, 0) is 91.0 Å². The van der Waals surface area contributed by atoms with Gasteiger partial charge in [-0.3, -0.25) is 4.79 Å². The molecule has 0 N–H and O–H groups in total. The summed E-state index contributed by atoms with van der Waals surface area (Å²) in [6, 6.07) is 24.3. The van der Waals surface area contributed by atoms with Crippen molar-refractivity contribution in [3.05, 3.63) is 105 Å². The van der Waals surface area contributed by atoms with Crippen LogP contribution in [0.4, 0.5) is 0 Å². The second kappa shape index (κ2) is 14.4. The van der Waals surface area contributed by atoms with Crippen LogP contribution in [0.1, 0.15) is 58.1 Å². The summed E-state index contributed by atoms with van der Waals surface area (Å²) >= 11 is 12.7. The van der Waals surface area contributed by atoms with Gasteiger partial charge < -0.3 is 14.5 Å². The van der Waals surface area contributed by atoms with Gasteiger partial charge in [-0.15, -0.1) is 0 Å². The van der Waals surface area contributed by atoms with Crippen LogP contribution < -0.4 is 4.74 Å². The normalized spacial score (nSPS) is 15.0. The first-order valence-corrected chi connectivity index (χ1v) is 17.9. The topological polar surface area (TPSA) is 90.7 Å². The highest BCUT2D eigenvalue weighted by molar-refractivity contribution is 7.90. The molecule has 1 aliphatic rings. The van der Waals surface area contributed by atoms with Crippen LogP contribution in [0, 0.1) is 11.3 Å². The third kappa shape index (κ3) is 7.34. The maximum atomic E-state index is 14.1. The summed E-state index contributed by atoms with van der Waals surface area (Å²) in [4.78, 5) is 18.6. The second-order valence-corrected chi connectivity index (χ2v) is 14.7. The Balaban J connectivity index is 1.35. The molecule has 46 heavy (non-hydrogen) atoms. The molecule has 1 saturated heterocycles. The van der Waals surface area contributed by atoms with Crippen LogP contribution >= 0.6 is 23.2 Å². The molecule has 1 heterocycles. The number of hydrogen-bond donors (Lipinski definition) is 0. The van der Waals surface area contributed by atoms with E-state index in [0.717, 1.165) is 60.8 Å². The molecule has 1 fully saturated rings. The molecule has 4 aromatic rings. The van der Waals surface area contributed by atoms with Crippen molar-refractivity contribution < 1.29 is 17.9 Å². The van der Waals surface area contributed by atoms with Gasteiger partial charge >= 0.3 is 0 Å². The van der Waals surface area contributed by atoms with E-state index in [1.165, 1.54) is 13.4 Å². The van der Waals surface area contributed by atoms with E-state index >= 15 is 0 Å². The highest BCUT2D eigenvalue weighted by Crippen LogP contribution is 2.36. The first-order valence-electron chi connectivity index (χ1n) is 15.2. The number of nitrogens with zero attached hydrogens (tertiary/aromatic N) is 3. The average Bonchev–Trinajstić information content (AvgIpc) is 3.06. The Labute approximate surface area is 281 Å². The van der Waals surface area contributed by atoms with Crippen molar-refractivity contribution in [2.24, 2.45) is 0 Å². The molecule has 0 spiro atoms.